The van der Waals surface area contributed by atoms with Gasteiger partial charge in [-0.3, -0.25) is 4.79 Å². The van der Waals surface area contributed by atoms with Crippen LogP contribution in [0.25, 0.3) is 22.2 Å². The lowest BCUT2D eigenvalue weighted by Gasteiger charge is -2.36. The summed E-state index contributed by atoms with van der Waals surface area (Å²) < 4.78 is 6.64. The predicted molar refractivity (Wildman–Crippen MR) is 150 cm³/mol. The summed E-state index contributed by atoms with van der Waals surface area (Å²) in [4.78, 5) is 22.9. The van der Waals surface area contributed by atoms with Crippen molar-refractivity contribution in [3.8, 4) is 17.0 Å². The molecule has 5 nitrogen and oxygen atoms in total. The van der Waals surface area contributed by atoms with Crippen molar-refractivity contribution >= 4 is 50.0 Å². The van der Waals surface area contributed by atoms with Gasteiger partial charge < -0.3 is 14.5 Å². The molecule has 5 rings (SSSR count). The Kier molecular flexibility index (Phi) is 7.44. The van der Waals surface area contributed by atoms with E-state index in [1.165, 1.54) is 0 Å². The zero-order chi connectivity index (χ0) is 25.1. The van der Waals surface area contributed by atoms with E-state index in [0.29, 0.717) is 25.3 Å². The third-order valence-electron chi connectivity index (χ3n) is 6.36. The van der Waals surface area contributed by atoms with Crippen LogP contribution in [0.4, 0.5) is 5.69 Å². The Morgan fingerprint density at radius 2 is 1.78 bits per heavy atom. The van der Waals surface area contributed by atoms with E-state index in [9.17, 15) is 4.79 Å². The van der Waals surface area contributed by atoms with Gasteiger partial charge in [0.05, 0.1) is 23.4 Å². The molecule has 1 aromatic heterocycles. The van der Waals surface area contributed by atoms with Gasteiger partial charge in [0.15, 0.2) is 0 Å². The van der Waals surface area contributed by atoms with Crippen molar-refractivity contribution in [2.24, 2.45) is 0 Å². The molecule has 1 amide bonds. The molecular weight excluding hydrogens is 538 g/mol. The Labute approximate surface area is 224 Å². The van der Waals surface area contributed by atoms with Crippen molar-refractivity contribution in [1.29, 1.82) is 0 Å². The largest absolute Gasteiger partial charge is 0.494 e. The molecule has 7 heteroatoms. The fourth-order valence-corrected chi connectivity index (χ4v) is 5.02. The summed E-state index contributed by atoms with van der Waals surface area (Å²) in [5, 5.41) is 1.57. The molecule has 1 aliphatic heterocycles. The highest BCUT2D eigenvalue weighted by Crippen LogP contribution is 2.30. The minimum atomic E-state index is 0.0235. The van der Waals surface area contributed by atoms with E-state index < -0.39 is 0 Å². The maximum Gasteiger partial charge on any atom is 0.254 e. The van der Waals surface area contributed by atoms with Gasteiger partial charge in [-0.15, -0.1) is 0 Å². The highest BCUT2D eigenvalue weighted by Gasteiger charge is 2.25. The second-order valence-electron chi connectivity index (χ2n) is 8.85. The molecule has 0 radical (unpaired) electrons. The second kappa shape index (κ2) is 10.9. The molecular formula is C29H27BrClN3O2. The molecule has 1 fully saturated rings. The molecule has 184 valence electrons. The molecule has 3 aromatic carbocycles. The van der Waals surface area contributed by atoms with Crippen LogP contribution in [-0.4, -0.2) is 48.6 Å². The molecule has 2 heterocycles. The van der Waals surface area contributed by atoms with Crippen molar-refractivity contribution < 1.29 is 9.53 Å². The maximum absolute atomic E-state index is 13.8. The quantitative estimate of drug-likeness (QED) is 0.251. The predicted octanol–water partition coefficient (Wildman–Crippen LogP) is 7.07. The number of rotatable bonds is 6. The number of carbonyl (C=O) groups is 1. The van der Waals surface area contributed by atoms with Crippen LogP contribution in [0.3, 0.4) is 0 Å². The number of carbonyl (C=O) groups excluding carboxylic acids is 1. The van der Waals surface area contributed by atoms with E-state index >= 15 is 0 Å². The van der Waals surface area contributed by atoms with Crippen LogP contribution in [0.5, 0.6) is 5.75 Å². The Balaban J connectivity index is 1.42. The Bertz CT molecular complexity index is 1390. The third kappa shape index (κ3) is 5.35. The van der Waals surface area contributed by atoms with Crippen LogP contribution >= 0.6 is 27.5 Å². The first-order valence-electron chi connectivity index (χ1n) is 12.1. The molecule has 1 saturated heterocycles. The first-order valence-corrected chi connectivity index (χ1v) is 13.3. The van der Waals surface area contributed by atoms with Crippen LogP contribution in [0.1, 0.15) is 23.7 Å². The highest BCUT2D eigenvalue weighted by atomic mass is 79.9. The summed E-state index contributed by atoms with van der Waals surface area (Å²) in [7, 11) is 0. The van der Waals surface area contributed by atoms with Gasteiger partial charge in [-0.1, -0.05) is 40.5 Å². The molecule has 36 heavy (non-hydrogen) atoms. The number of hydrogen-bond donors (Lipinski definition) is 0. The van der Waals surface area contributed by atoms with E-state index in [1.54, 1.807) is 0 Å². The van der Waals surface area contributed by atoms with Crippen LogP contribution < -0.4 is 9.64 Å². The fraction of sp³-hybridized carbons (Fsp3) is 0.241. The number of fused-ring (bicyclic) bond motifs is 1. The third-order valence-corrected chi connectivity index (χ3v) is 7.09. The molecule has 0 saturated carbocycles. The van der Waals surface area contributed by atoms with Crippen LogP contribution in [0.15, 0.2) is 77.3 Å². The number of hydrogen-bond acceptors (Lipinski definition) is 4. The lowest BCUT2D eigenvalue weighted by atomic mass is 10.0. The van der Waals surface area contributed by atoms with Gasteiger partial charge in [-0.05, 0) is 73.2 Å². The van der Waals surface area contributed by atoms with Crippen molar-refractivity contribution in [3.63, 3.8) is 0 Å². The van der Waals surface area contributed by atoms with Crippen LogP contribution in [0.2, 0.25) is 5.02 Å². The van der Waals surface area contributed by atoms with Crippen LogP contribution in [-0.2, 0) is 0 Å². The average Bonchev–Trinajstić information content (AvgIpc) is 2.91. The minimum absolute atomic E-state index is 0.0235. The standard InChI is InChI=1S/C29H27BrClN3O2/c1-2-16-36-24-9-6-20(7-10-24)28-19-26(25-17-21(30)8-11-27(25)32-28)29(35)34-14-12-33(13-15-34)23-5-3-4-22(31)18-23/h3-11,17-19H,2,12-16H2,1H3. The Morgan fingerprint density at radius 1 is 1.00 bits per heavy atom. The summed E-state index contributed by atoms with van der Waals surface area (Å²) in [5.41, 5.74) is 4.26. The molecule has 0 aliphatic carbocycles. The number of ether oxygens (including phenoxy) is 1. The monoisotopic (exact) mass is 563 g/mol. The minimum Gasteiger partial charge on any atom is -0.494 e. The van der Waals surface area contributed by atoms with Gasteiger partial charge in [-0.25, -0.2) is 4.98 Å². The number of aromatic nitrogens is 1. The first-order chi connectivity index (χ1) is 17.5. The van der Waals surface area contributed by atoms with E-state index in [2.05, 4.69) is 33.8 Å². The first kappa shape index (κ1) is 24.6. The van der Waals surface area contributed by atoms with E-state index in [-0.39, 0.29) is 5.91 Å². The van der Waals surface area contributed by atoms with Crippen molar-refractivity contribution in [3.05, 3.63) is 87.9 Å². The number of halogens is 2. The van der Waals surface area contributed by atoms with E-state index in [0.717, 1.165) is 62.6 Å². The summed E-state index contributed by atoms with van der Waals surface area (Å²) in [6.45, 7) is 5.56. The van der Waals surface area contributed by atoms with Gasteiger partial charge >= 0.3 is 0 Å². The lowest BCUT2D eigenvalue weighted by Crippen LogP contribution is -2.48. The number of benzene rings is 3. The number of anilines is 1. The number of piperazine rings is 1. The zero-order valence-corrected chi connectivity index (χ0v) is 22.4. The molecule has 4 aromatic rings. The Hall–Kier alpha value is -3.09. The molecule has 0 unspecified atom stereocenters. The van der Waals surface area contributed by atoms with Crippen LogP contribution in [0, 0.1) is 0 Å². The van der Waals surface area contributed by atoms with Gasteiger partial charge in [0.25, 0.3) is 5.91 Å². The van der Waals surface area contributed by atoms with E-state index in [4.69, 9.17) is 21.3 Å². The topological polar surface area (TPSA) is 45.7 Å². The fourth-order valence-electron chi connectivity index (χ4n) is 4.48. The molecule has 0 spiro atoms. The van der Waals surface area contributed by atoms with Gasteiger partial charge in [0, 0.05) is 52.3 Å². The van der Waals surface area contributed by atoms with Crippen molar-refractivity contribution in [2.45, 2.75) is 13.3 Å². The molecule has 1 aliphatic rings. The lowest BCUT2D eigenvalue weighted by molar-refractivity contribution is 0.0748. The molecule has 0 atom stereocenters. The number of amides is 1. The second-order valence-corrected chi connectivity index (χ2v) is 10.2. The van der Waals surface area contributed by atoms with Gasteiger partial charge in [0.2, 0.25) is 0 Å². The highest BCUT2D eigenvalue weighted by molar-refractivity contribution is 9.10. The van der Waals surface area contributed by atoms with Crippen molar-refractivity contribution in [2.75, 3.05) is 37.7 Å². The zero-order valence-electron chi connectivity index (χ0n) is 20.1. The molecule has 0 bridgehead atoms. The number of pyridine rings is 1. The van der Waals surface area contributed by atoms with Gasteiger partial charge in [0.1, 0.15) is 5.75 Å². The SMILES string of the molecule is CCCOc1ccc(-c2cc(C(=O)N3CCN(c4cccc(Cl)c4)CC3)c3cc(Br)ccc3n2)cc1. The number of nitrogens with zero attached hydrogens (tertiary/aromatic N) is 3. The van der Waals surface area contributed by atoms with E-state index in [1.807, 2.05) is 71.6 Å². The Morgan fingerprint density at radius 3 is 2.50 bits per heavy atom. The van der Waals surface area contributed by atoms with Crippen molar-refractivity contribution in [1.82, 2.24) is 9.88 Å². The average molecular weight is 565 g/mol. The summed E-state index contributed by atoms with van der Waals surface area (Å²) in [6, 6.07) is 23.6. The summed E-state index contributed by atoms with van der Waals surface area (Å²) in [5.74, 6) is 0.856. The smallest absolute Gasteiger partial charge is 0.254 e. The normalized spacial score (nSPS) is 13.8. The van der Waals surface area contributed by atoms with Gasteiger partial charge in [-0.2, -0.15) is 0 Å². The summed E-state index contributed by atoms with van der Waals surface area (Å²) in [6.07, 6.45) is 0.961. The maximum atomic E-state index is 13.8. The summed E-state index contributed by atoms with van der Waals surface area (Å²) >= 11 is 9.74. The molecule has 0 N–H and O–H groups in total.